The standard InChI is InChI=1S/C21H19Cl2FN4O/c22-17-5-4-15(11-18(17)23)19-12-20(26-25-19)21(29)28-8-6-27(7-9-28)13-14-2-1-3-16(24)10-14/h1-5,10-12H,6-9,13H2,(H,25,26). The van der Waals surface area contributed by atoms with Gasteiger partial charge < -0.3 is 4.90 Å². The number of amides is 1. The van der Waals surface area contributed by atoms with Gasteiger partial charge in [0.25, 0.3) is 5.91 Å². The van der Waals surface area contributed by atoms with Gasteiger partial charge in [0.15, 0.2) is 0 Å². The molecule has 0 saturated carbocycles. The largest absolute Gasteiger partial charge is 0.335 e. The summed E-state index contributed by atoms with van der Waals surface area (Å²) in [5.41, 5.74) is 2.79. The van der Waals surface area contributed by atoms with E-state index in [2.05, 4.69) is 15.1 Å². The van der Waals surface area contributed by atoms with Crippen LogP contribution in [0.25, 0.3) is 11.3 Å². The summed E-state index contributed by atoms with van der Waals surface area (Å²) in [5, 5.41) is 7.96. The van der Waals surface area contributed by atoms with E-state index in [0.29, 0.717) is 41.1 Å². The Bertz CT molecular complexity index is 1030. The Morgan fingerprint density at radius 2 is 1.83 bits per heavy atom. The second-order valence-corrected chi connectivity index (χ2v) is 7.81. The molecule has 2 aromatic carbocycles. The highest BCUT2D eigenvalue weighted by atomic mass is 35.5. The van der Waals surface area contributed by atoms with E-state index in [-0.39, 0.29) is 11.7 Å². The maximum atomic E-state index is 13.3. The Morgan fingerprint density at radius 3 is 2.55 bits per heavy atom. The molecule has 5 nitrogen and oxygen atoms in total. The molecule has 4 rings (SSSR count). The summed E-state index contributed by atoms with van der Waals surface area (Å²) in [6.45, 7) is 3.35. The Morgan fingerprint density at radius 1 is 1.03 bits per heavy atom. The molecule has 0 bridgehead atoms. The number of nitrogens with one attached hydrogen (secondary N) is 1. The molecule has 1 amide bonds. The van der Waals surface area contributed by atoms with Gasteiger partial charge in [0.05, 0.1) is 15.7 Å². The Hall–Kier alpha value is -2.41. The molecular weight excluding hydrogens is 414 g/mol. The molecule has 0 unspecified atom stereocenters. The quantitative estimate of drug-likeness (QED) is 0.660. The molecule has 1 aliphatic heterocycles. The molecule has 0 spiro atoms. The summed E-state index contributed by atoms with van der Waals surface area (Å²) in [6.07, 6.45) is 0. The van der Waals surface area contributed by atoms with Gasteiger partial charge in [-0.25, -0.2) is 4.39 Å². The van der Waals surface area contributed by atoms with E-state index in [4.69, 9.17) is 23.2 Å². The molecule has 0 atom stereocenters. The molecule has 0 radical (unpaired) electrons. The van der Waals surface area contributed by atoms with Crippen molar-refractivity contribution in [2.24, 2.45) is 0 Å². The number of hydrogen-bond acceptors (Lipinski definition) is 3. The lowest BCUT2D eigenvalue weighted by molar-refractivity contribution is 0.0622. The summed E-state index contributed by atoms with van der Waals surface area (Å²) in [6, 6.07) is 13.6. The van der Waals surface area contributed by atoms with E-state index in [9.17, 15) is 9.18 Å². The molecule has 1 aliphatic rings. The lowest BCUT2D eigenvalue weighted by Gasteiger charge is -2.34. The van der Waals surface area contributed by atoms with Crippen molar-refractivity contribution in [2.75, 3.05) is 26.2 Å². The first-order valence-corrected chi connectivity index (χ1v) is 10.0. The zero-order valence-electron chi connectivity index (χ0n) is 15.5. The van der Waals surface area contributed by atoms with Crippen LogP contribution in [-0.2, 0) is 6.54 Å². The van der Waals surface area contributed by atoms with E-state index in [1.807, 2.05) is 12.1 Å². The predicted octanol–water partition coefficient (Wildman–Crippen LogP) is 4.48. The van der Waals surface area contributed by atoms with Gasteiger partial charge in [-0.2, -0.15) is 5.10 Å². The maximum Gasteiger partial charge on any atom is 0.271 e. The van der Waals surface area contributed by atoms with Gasteiger partial charge in [-0.3, -0.25) is 14.8 Å². The number of hydrogen-bond donors (Lipinski definition) is 1. The van der Waals surface area contributed by atoms with Crippen molar-refractivity contribution in [3.63, 3.8) is 0 Å². The van der Waals surface area contributed by atoms with Gasteiger partial charge in [0.1, 0.15) is 11.5 Å². The fourth-order valence-corrected chi connectivity index (χ4v) is 3.71. The SMILES string of the molecule is O=C(c1cc(-c2ccc(Cl)c(Cl)c2)n[nH]1)N1CCN(Cc2cccc(F)c2)CC1. The highest BCUT2D eigenvalue weighted by molar-refractivity contribution is 6.42. The lowest BCUT2D eigenvalue weighted by atomic mass is 10.1. The van der Waals surface area contributed by atoms with Crippen LogP contribution < -0.4 is 0 Å². The van der Waals surface area contributed by atoms with Crippen molar-refractivity contribution in [1.82, 2.24) is 20.0 Å². The van der Waals surface area contributed by atoms with Crippen LogP contribution in [0.15, 0.2) is 48.5 Å². The van der Waals surface area contributed by atoms with E-state index in [0.717, 1.165) is 24.2 Å². The summed E-state index contributed by atoms with van der Waals surface area (Å²) in [5.74, 6) is -0.317. The maximum absolute atomic E-state index is 13.3. The van der Waals surface area contributed by atoms with Gasteiger partial charge in [-0.05, 0) is 35.9 Å². The number of carbonyl (C=O) groups excluding carboxylic acids is 1. The van der Waals surface area contributed by atoms with Gasteiger partial charge in [-0.15, -0.1) is 0 Å². The van der Waals surface area contributed by atoms with Crippen LogP contribution in [0, 0.1) is 5.82 Å². The summed E-state index contributed by atoms with van der Waals surface area (Å²) in [4.78, 5) is 16.8. The number of nitrogens with zero attached hydrogens (tertiary/aromatic N) is 3. The van der Waals surface area contributed by atoms with Gasteiger partial charge >= 0.3 is 0 Å². The average Bonchev–Trinajstić information content (AvgIpc) is 3.20. The van der Waals surface area contributed by atoms with E-state index < -0.39 is 0 Å². The van der Waals surface area contributed by atoms with Crippen molar-refractivity contribution in [3.8, 4) is 11.3 Å². The topological polar surface area (TPSA) is 52.2 Å². The van der Waals surface area contributed by atoms with E-state index >= 15 is 0 Å². The monoisotopic (exact) mass is 432 g/mol. The number of rotatable bonds is 4. The zero-order valence-corrected chi connectivity index (χ0v) is 17.0. The molecule has 2 heterocycles. The number of carbonyl (C=O) groups is 1. The van der Waals surface area contributed by atoms with E-state index in [1.165, 1.54) is 6.07 Å². The van der Waals surface area contributed by atoms with Gasteiger partial charge in [0.2, 0.25) is 0 Å². The Labute approximate surface area is 178 Å². The van der Waals surface area contributed by atoms with Crippen molar-refractivity contribution >= 4 is 29.1 Å². The van der Waals surface area contributed by atoms with Crippen LogP contribution in [0.1, 0.15) is 16.1 Å². The molecule has 8 heteroatoms. The van der Waals surface area contributed by atoms with Gasteiger partial charge in [0, 0.05) is 38.3 Å². The first-order chi connectivity index (χ1) is 14.0. The molecule has 150 valence electrons. The Balaban J connectivity index is 1.37. The molecule has 29 heavy (non-hydrogen) atoms. The number of aromatic amines is 1. The predicted molar refractivity (Wildman–Crippen MR) is 112 cm³/mol. The molecule has 1 N–H and O–H groups in total. The summed E-state index contributed by atoms with van der Waals surface area (Å²) in [7, 11) is 0. The number of halogens is 3. The molecule has 1 saturated heterocycles. The third-order valence-corrected chi connectivity index (χ3v) is 5.72. The number of benzene rings is 2. The highest BCUT2D eigenvalue weighted by Gasteiger charge is 2.24. The van der Waals surface area contributed by atoms with Crippen molar-refractivity contribution in [2.45, 2.75) is 6.54 Å². The van der Waals surface area contributed by atoms with Crippen molar-refractivity contribution in [3.05, 3.63) is 75.7 Å². The van der Waals surface area contributed by atoms with Crippen LogP contribution in [0.5, 0.6) is 0 Å². The number of H-pyrrole nitrogens is 1. The van der Waals surface area contributed by atoms with E-state index in [1.54, 1.807) is 35.2 Å². The second-order valence-electron chi connectivity index (χ2n) is 6.99. The molecule has 1 aromatic heterocycles. The van der Waals surface area contributed by atoms with Gasteiger partial charge in [-0.1, -0.05) is 41.4 Å². The lowest BCUT2D eigenvalue weighted by Crippen LogP contribution is -2.48. The van der Waals surface area contributed by atoms with Crippen LogP contribution in [-0.4, -0.2) is 52.1 Å². The molecule has 0 aliphatic carbocycles. The minimum absolute atomic E-state index is 0.0887. The number of piperazine rings is 1. The van der Waals surface area contributed by atoms with Crippen molar-refractivity contribution < 1.29 is 9.18 Å². The normalized spacial score (nSPS) is 14.9. The minimum atomic E-state index is -0.228. The van der Waals surface area contributed by atoms with Crippen LogP contribution >= 0.6 is 23.2 Å². The van der Waals surface area contributed by atoms with Crippen LogP contribution in [0.2, 0.25) is 10.0 Å². The number of aromatic nitrogens is 2. The third-order valence-electron chi connectivity index (χ3n) is 4.98. The smallest absolute Gasteiger partial charge is 0.271 e. The molecule has 1 fully saturated rings. The van der Waals surface area contributed by atoms with Crippen LogP contribution in [0.3, 0.4) is 0 Å². The molecular formula is C21H19Cl2FN4O. The first-order valence-electron chi connectivity index (χ1n) is 9.26. The summed E-state index contributed by atoms with van der Waals surface area (Å²) >= 11 is 12.0. The zero-order chi connectivity index (χ0) is 20.4. The summed E-state index contributed by atoms with van der Waals surface area (Å²) < 4.78 is 13.3. The third kappa shape index (κ3) is 4.61. The van der Waals surface area contributed by atoms with Crippen molar-refractivity contribution in [1.29, 1.82) is 0 Å². The average molecular weight is 433 g/mol. The minimum Gasteiger partial charge on any atom is -0.335 e. The fraction of sp³-hybridized carbons (Fsp3) is 0.238. The molecule has 3 aromatic rings. The first kappa shape index (κ1) is 19.9. The second kappa shape index (κ2) is 8.53. The highest BCUT2D eigenvalue weighted by Crippen LogP contribution is 2.28. The Kier molecular flexibility index (Phi) is 5.85. The van der Waals surface area contributed by atoms with Crippen LogP contribution in [0.4, 0.5) is 4.39 Å². The fourth-order valence-electron chi connectivity index (χ4n) is 3.41.